The van der Waals surface area contributed by atoms with Crippen LogP contribution in [0.1, 0.15) is 53.1 Å². The second-order valence-corrected chi connectivity index (χ2v) is 11.1. The molecule has 1 aliphatic carbocycles. The average molecular weight is 438 g/mol. The zero-order valence-corrected chi connectivity index (χ0v) is 18.8. The number of rotatable bonds is 4. The van der Waals surface area contributed by atoms with E-state index < -0.39 is 0 Å². The molecule has 0 unspecified atom stereocenters. The van der Waals surface area contributed by atoms with Crippen molar-refractivity contribution in [2.24, 2.45) is 5.92 Å². The number of carbonyl (C=O) groups is 1. The van der Waals surface area contributed by atoms with Crippen LogP contribution in [0.5, 0.6) is 0 Å². The molecule has 1 saturated heterocycles. The van der Waals surface area contributed by atoms with Crippen LogP contribution in [-0.4, -0.2) is 46.9 Å². The molecule has 30 heavy (non-hydrogen) atoms. The van der Waals surface area contributed by atoms with Crippen molar-refractivity contribution in [2.45, 2.75) is 44.1 Å². The molecule has 3 aliphatic rings. The van der Waals surface area contributed by atoms with E-state index in [0.717, 1.165) is 50.3 Å². The monoisotopic (exact) mass is 437 g/mol. The molecule has 0 N–H and O–H groups in total. The van der Waals surface area contributed by atoms with Gasteiger partial charge in [-0.1, -0.05) is 12.1 Å². The Balaban J connectivity index is 1.16. The molecule has 1 amide bonds. The number of likely N-dealkylation sites (tertiary alicyclic amines) is 1. The van der Waals surface area contributed by atoms with Gasteiger partial charge in [0.15, 0.2) is 0 Å². The maximum atomic E-state index is 13.3. The summed E-state index contributed by atoms with van der Waals surface area (Å²) in [4.78, 5) is 24.4. The van der Waals surface area contributed by atoms with Gasteiger partial charge in [-0.2, -0.15) is 0 Å². The number of para-hydroxylation sites is 1. The number of aromatic nitrogens is 1. The van der Waals surface area contributed by atoms with E-state index in [9.17, 15) is 4.79 Å². The number of benzene rings is 1. The van der Waals surface area contributed by atoms with Gasteiger partial charge in [0.25, 0.3) is 0 Å². The molecule has 0 radical (unpaired) electrons. The summed E-state index contributed by atoms with van der Waals surface area (Å²) < 4.78 is 1.25. The molecule has 0 spiro atoms. The van der Waals surface area contributed by atoms with E-state index in [0.29, 0.717) is 24.4 Å². The van der Waals surface area contributed by atoms with Gasteiger partial charge in [-0.15, -0.1) is 22.7 Å². The molecule has 2 aromatic heterocycles. The zero-order chi connectivity index (χ0) is 20.1. The summed E-state index contributed by atoms with van der Waals surface area (Å²) in [5.74, 6) is 1.44. The van der Waals surface area contributed by atoms with E-state index in [4.69, 9.17) is 4.98 Å². The summed E-state index contributed by atoms with van der Waals surface area (Å²) >= 11 is 3.70. The number of amides is 1. The Bertz CT molecular complexity index is 1040. The summed E-state index contributed by atoms with van der Waals surface area (Å²) in [6.07, 6.45) is 5.93. The van der Waals surface area contributed by atoms with Gasteiger partial charge in [0.1, 0.15) is 0 Å². The Labute approximate surface area is 185 Å². The second-order valence-electron chi connectivity index (χ2n) is 9.00. The number of thiophene rings is 1. The molecule has 2 atom stereocenters. The van der Waals surface area contributed by atoms with Crippen LogP contribution in [0.15, 0.2) is 35.7 Å². The number of hydrogen-bond acceptors (Lipinski definition) is 5. The van der Waals surface area contributed by atoms with Gasteiger partial charge in [-0.25, -0.2) is 4.98 Å². The smallest absolute Gasteiger partial charge is 0.236 e. The maximum absolute atomic E-state index is 13.3. The largest absolute Gasteiger partial charge is 0.341 e. The van der Waals surface area contributed by atoms with E-state index in [1.807, 2.05) is 11.3 Å². The van der Waals surface area contributed by atoms with Crippen LogP contribution < -0.4 is 0 Å². The van der Waals surface area contributed by atoms with Crippen LogP contribution >= 0.6 is 22.7 Å². The average Bonchev–Trinajstić information content (AvgIpc) is 3.33. The molecule has 1 saturated carbocycles. The zero-order valence-electron chi connectivity index (χ0n) is 17.1. The third kappa shape index (κ3) is 3.49. The van der Waals surface area contributed by atoms with Crippen LogP contribution in [0.2, 0.25) is 0 Å². The topological polar surface area (TPSA) is 36.4 Å². The highest BCUT2D eigenvalue weighted by Gasteiger charge is 2.41. The van der Waals surface area contributed by atoms with E-state index >= 15 is 0 Å². The quantitative estimate of drug-likeness (QED) is 0.572. The number of carbonyl (C=O) groups excluding carboxylic acids is 1. The van der Waals surface area contributed by atoms with Crippen LogP contribution in [0.25, 0.3) is 10.2 Å². The van der Waals surface area contributed by atoms with Gasteiger partial charge in [0.05, 0.1) is 21.8 Å². The second kappa shape index (κ2) is 7.74. The molecule has 2 aliphatic heterocycles. The minimum Gasteiger partial charge on any atom is -0.341 e. The fraction of sp³-hybridized carbons (Fsp3) is 0.500. The Morgan fingerprint density at radius 2 is 2.03 bits per heavy atom. The molecule has 1 aromatic carbocycles. The van der Waals surface area contributed by atoms with Crippen LogP contribution in [-0.2, 0) is 11.2 Å². The molecule has 2 fully saturated rings. The van der Waals surface area contributed by atoms with Crippen molar-refractivity contribution in [2.75, 3.05) is 26.2 Å². The van der Waals surface area contributed by atoms with Gasteiger partial charge in [-0.05, 0) is 67.2 Å². The number of nitrogens with zero attached hydrogens (tertiary/aromatic N) is 3. The highest BCUT2D eigenvalue weighted by Crippen LogP contribution is 2.48. The van der Waals surface area contributed by atoms with Gasteiger partial charge in [0, 0.05) is 36.5 Å². The van der Waals surface area contributed by atoms with E-state index in [1.165, 1.54) is 28.1 Å². The first-order chi connectivity index (χ1) is 14.8. The molecule has 0 bridgehead atoms. The van der Waals surface area contributed by atoms with E-state index in [2.05, 4.69) is 45.5 Å². The molecular weight excluding hydrogens is 410 g/mol. The van der Waals surface area contributed by atoms with Gasteiger partial charge >= 0.3 is 0 Å². The number of thiazole rings is 1. The Kier molecular flexibility index (Phi) is 4.89. The highest BCUT2D eigenvalue weighted by atomic mass is 32.1. The predicted octanol–water partition coefficient (Wildman–Crippen LogP) is 5.07. The number of fused-ring (bicyclic) bond motifs is 2. The number of hydrogen-bond donors (Lipinski definition) is 0. The third-order valence-electron chi connectivity index (χ3n) is 6.96. The van der Waals surface area contributed by atoms with Crippen molar-refractivity contribution in [1.29, 1.82) is 0 Å². The first kappa shape index (κ1) is 19.0. The highest BCUT2D eigenvalue weighted by molar-refractivity contribution is 7.18. The Morgan fingerprint density at radius 3 is 2.90 bits per heavy atom. The van der Waals surface area contributed by atoms with Gasteiger partial charge < -0.3 is 4.90 Å². The van der Waals surface area contributed by atoms with E-state index in [1.54, 1.807) is 16.2 Å². The van der Waals surface area contributed by atoms with Crippen LogP contribution in [0, 0.1) is 5.92 Å². The lowest BCUT2D eigenvalue weighted by Crippen LogP contribution is -2.47. The van der Waals surface area contributed by atoms with Crippen molar-refractivity contribution < 1.29 is 4.79 Å². The third-order valence-corrected chi connectivity index (χ3v) is 9.15. The lowest BCUT2D eigenvalue weighted by Gasteiger charge is -2.38. The SMILES string of the molecule is O=C(CN1CCc2sccc2[C@@H]1C1CC1)N1CCC[C@@H](c2nc3ccccc3s2)C1. The standard InChI is InChI=1S/C24H27N3OS2/c28-22(15-27-12-9-20-18(10-13-29-20)23(27)16-7-8-16)26-11-3-4-17(14-26)24-25-19-5-1-2-6-21(19)30-24/h1-2,5-6,10,13,16-17,23H,3-4,7-9,11-12,14-15H2/t17-,23+/m1/s1. The Morgan fingerprint density at radius 1 is 1.13 bits per heavy atom. The minimum atomic E-state index is 0.310. The predicted molar refractivity (Wildman–Crippen MR) is 123 cm³/mol. The summed E-state index contributed by atoms with van der Waals surface area (Å²) in [5, 5.41) is 3.43. The summed E-state index contributed by atoms with van der Waals surface area (Å²) in [5.41, 5.74) is 2.60. The molecule has 6 rings (SSSR count). The Hall–Kier alpha value is -1.76. The molecular formula is C24H27N3OS2. The molecule has 4 heterocycles. The van der Waals surface area contributed by atoms with Crippen molar-refractivity contribution in [3.05, 3.63) is 51.2 Å². The van der Waals surface area contributed by atoms with Crippen molar-refractivity contribution in [1.82, 2.24) is 14.8 Å². The van der Waals surface area contributed by atoms with Gasteiger partial charge in [0.2, 0.25) is 5.91 Å². The van der Waals surface area contributed by atoms with Crippen molar-refractivity contribution in [3.8, 4) is 0 Å². The first-order valence-corrected chi connectivity index (χ1v) is 12.9. The van der Waals surface area contributed by atoms with Crippen molar-refractivity contribution in [3.63, 3.8) is 0 Å². The van der Waals surface area contributed by atoms with Crippen molar-refractivity contribution >= 4 is 38.8 Å². The lowest BCUT2D eigenvalue weighted by atomic mass is 9.95. The molecule has 3 aromatic rings. The van der Waals surface area contributed by atoms with E-state index in [-0.39, 0.29) is 0 Å². The summed E-state index contributed by atoms with van der Waals surface area (Å²) in [7, 11) is 0. The first-order valence-electron chi connectivity index (χ1n) is 11.2. The molecule has 4 nitrogen and oxygen atoms in total. The van der Waals surface area contributed by atoms with Crippen LogP contribution in [0.4, 0.5) is 0 Å². The summed E-state index contributed by atoms with van der Waals surface area (Å²) in [6, 6.07) is 11.1. The maximum Gasteiger partial charge on any atom is 0.236 e. The molecule has 6 heteroatoms. The normalized spacial score (nSPS) is 24.9. The fourth-order valence-corrected chi connectivity index (χ4v) is 7.29. The minimum absolute atomic E-state index is 0.310. The molecule has 156 valence electrons. The van der Waals surface area contributed by atoms with Crippen LogP contribution in [0.3, 0.4) is 0 Å². The fourth-order valence-electron chi connectivity index (χ4n) is 5.28. The van der Waals surface area contributed by atoms with Gasteiger partial charge in [-0.3, -0.25) is 9.69 Å². The summed E-state index contributed by atoms with van der Waals surface area (Å²) in [6.45, 7) is 3.31. The number of piperidine rings is 1. The lowest BCUT2D eigenvalue weighted by molar-refractivity contribution is -0.134.